The van der Waals surface area contributed by atoms with Crippen LogP contribution in [0.5, 0.6) is 0 Å². The predicted octanol–water partition coefficient (Wildman–Crippen LogP) is 3.47. The molecule has 1 aliphatic rings. The van der Waals surface area contributed by atoms with E-state index in [1.54, 1.807) is 7.11 Å². The van der Waals surface area contributed by atoms with Crippen molar-refractivity contribution in [2.45, 2.75) is 64.5 Å². The van der Waals surface area contributed by atoms with Crippen LogP contribution in [0.4, 0.5) is 0 Å². The van der Waals surface area contributed by atoms with Crippen molar-refractivity contribution < 1.29 is 23.0 Å². The third kappa shape index (κ3) is 7.89. The van der Waals surface area contributed by atoms with E-state index in [1.165, 1.54) is 5.56 Å². The van der Waals surface area contributed by atoms with Crippen molar-refractivity contribution in [3.05, 3.63) is 70.8 Å². The Balaban J connectivity index is 1.63. The fourth-order valence-electron chi connectivity index (χ4n) is 4.42. The largest absolute Gasteiger partial charge is 0.391 e. The molecule has 0 aromatic heterocycles. The van der Waals surface area contributed by atoms with Crippen molar-refractivity contribution >= 4 is 9.84 Å². The minimum Gasteiger partial charge on any atom is -0.391 e. The number of nitrogens with one attached hydrogen (secondary N) is 1. The molecule has 2 aromatic rings. The van der Waals surface area contributed by atoms with E-state index in [1.807, 2.05) is 43.3 Å². The van der Waals surface area contributed by atoms with Crippen LogP contribution in [0.2, 0.25) is 0 Å². The smallest absolute Gasteiger partial charge is 0.152 e. The maximum Gasteiger partial charge on any atom is 0.152 e. The van der Waals surface area contributed by atoms with Gasteiger partial charge >= 0.3 is 0 Å². The van der Waals surface area contributed by atoms with Gasteiger partial charge in [0.1, 0.15) is 0 Å². The molecule has 188 valence electrons. The van der Waals surface area contributed by atoms with Crippen LogP contribution in [-0.4, -0.2) is 57.0 Å². The second kappa shape index (κ2) is 12.3. The molecule has 2 N–H and O–H groups in total. The molecule has 3 rings (SSSR count). The lowest BCUT2D eigenvalue weighted by atomic mass is 9.90. The minimum absolute atomic E-state index is 0.00125. The molecular formula is C27H39NO5S. The van der Waals surface area contributed by atoms with Crippen LogP contribution < -0.4 is 5.32 Å². The van der Waals surface area contributed by atoms with Crippen molar-refractivity contribution in [1.29, 1.82) is 0 Å². The zero-order valence-corrected chi connectivity index (χ0v) is 21.6. The van der Waals surface area contributed by atoms with Gasteiger partial charge in [-0.3, -0.25) is 0 Å². The number of methoxy groups -OCH3 is 1. The summed E-state index contributed by atoms with van der Waals surface area (Å²) in [5, 5.41) is 14.4. The van der Waals surface area contributed by atoms with E-state index < -0.39 is 22.0 Å². The fraction of sp³-hybridized carbons (Fsp3) is 0.556. The van der Waals surface area contributed by atoms with Crippen LogP contribution in [0.15, 0.2) is 48.5 Å². The molecule has 34 heavy (non-hydrogen) atoms. The molecule has 0 amide bonds. The van der Waals surface area contributed by atoms with Gasteiger partial charge in [-0.2, -0.15) is 0 Å². The predicted molar refractivity (Wildman–Crippen MR) is 136 cm³/mol. The quantitative estimate of drug-likeness (QED) is 0.503. The van der Waals surface area contributed by atoms with Crippen LogP contribution in [0.3, 0.4) is 0 Å². The molecule has 0 radical (unpaired) electrons. The van der Waals surface area contributed by atoms with Gasteiger partial charge in [0.05, 0.1) is 36.9 Å². The van der Waals surface area contributed by atoms with Gasteiger partial charge in [0, 0.05) is 25.6 Å². The van der Waals surface area contributed by atoms with Gasteiger partial charge in [0.25, 0.3) is 0 Å². The fourth-order valence-corrected chi connectivity index (χ4v) is 6.39. The molecule has 0 saturated carbocycles. The van der Waals surface area contributed by atoms with E-state index in [-0.39, 0.29) is 23.5 Å². The first-order valence-corrected chi connectivity index (χ1v) is 13.9. The Bertz CT molecular complexity index is 1020. The lowest BCUT2D eigenvalue weighted by molar-refractivity contribution is 0.0117. The highest BCUT2D eigenvalue weighted by Gasteiger charge is 2.39. The van der Waals surface area contributed by atoms with E-state index in [4.69, 9.17) is 9.47 Å². The summed E-state index contributed by atoms with van der Waals surface area (Å²) < 4.78 is 36.3. The first-order chi connectivity index (χ1) is 16.2. The number of aliphatic hydroxyl groups excluding tert-OH is 1. The van der Waals surface area contributed by atoms with Crippen molar-refractivity contribution in [3.8, 4) is 0 Å². The number of hydrogen-bond donors (Lipinski definition) is 2. The molecule has 0 aliphatic carbocycles. The van der Waals surface area contributed by atoms with Gasteiger partial charge in [0.15, 0.2) is 9.84 Å². The van der Waals surface area contributed by atoms with Crippen LogP contribution >= 0.6 is 0 Å². The average Bonchev–Trinajstić information content (AvgIpc) is 2.80. The van der Waals surface area contributed by atoms with Crippen molar-refractivity contribution in [2.75, 3.05) is 25.2 Å². The van der Waals surface area contributed by atoms with E-state index >= 15 is 0 Å². The SMILES string of the molecule is CO[C@@H](C)COCc1cccc(C[C@@H]2CS(=O)(=O)C[C@H](NCc3cccc(C(C)C)c3)[C@H]2O)c1. The van der Waals surface area contributed by atoms with Gasteiger partial charge in [-0.25, -0.2) is 8.42 Å². The number of rotatable bonds is 11. The summed E-state index contributed by atoms with van der Waals surface area (Å²) in [5.74, 6) is 0.0268. The second-order valence-corrected chi connectivity index (χ2v) is 12.0. The summed E-state index contributed by atoms with van der Waals surface area (Å²) >= 11 is 0. The van der Waals surface area contributed by atoms with Gasteiger partial charge in [0.2, 0.25) is 0 Å². The van der Waals surface area contributed by atoms with Crippen LogP contribution in [0.25, 0.3) is 0 Å². The standard InChI is InChI=1S/C27H39NO5S/c1-19(2)24-10-6-8-22(13-24)14-28-26-18-34(30,31)17-25(27(26)29)12-21-7-5-9-23(11-21)16-33-15-20(3)32-4/h5-11,13,19-20,25-29H,12,14-18H2,1-4H3/t20-,25+,26-,27-/m0/s1. The Morgan fingerprint density at radius 2 is 1.74 bits per heavy atom. The summed E-state index contributed by atoms with van der Waals surface area (Å²) in [5.41, 5.74) is 4.36. The summed E-state index contributed by atoms with van der Waals surface area (Å²) in [6.07, 6.45) is -0.202. The van der Waals surface area contributed by atoms with Crippen LogP contribution in [0, 0.1) is 5.92 Å². The van der Waals surface area contributed by atoms with E-state index in [0.29, 0.717) is 32.1 Å². The number of ether oxygens (including phenoxy) is 2. The molecule has 2 aromatic carbocycles. The van der Waals surface area contributed by atoms with E-state index in [2.05, 4.69) is 31.3 Å². The van der Waals surface area contributed by atoms with Gasteiger partial charge < -0.3 is 19.9 Å². The zero-order chi connectivity index (χ0) is 24.7. The van der Waals surface area contributed by atoms with Crippen molar-refractivity contribution in [3.63, 3.8) is 0 Å². The molecule has 0 unspecified atom stereocenters. The highest BCUT2D eigenvalue weighted by Crippen LogP contribution is 2.25. The summed E-state index contributed by atoms with van der Waals surface area (Å²) in [6.45, 7) is 7.75. The molecule has 1 aliphatic heterocycles. The molecule has 0 bridgehead atoms. The zero-order valence-electron chi connectivity index (χ0n) is 20.7. The molecule has 4 atom stereocenters. The normalized spacial score (nSPS) is 23.2. The molecule has 1 saturated heterocycles. The topological polar surface area (TPSA) is 84.9 Å². The molecule has 1 fully saturated rings. The summed E-state index contributed by atoms with van der Waals surface area (Å²) in [4.78, 5) is 0. The molecule has 7 heteroatoms. The van der Waals surface area contributed by atoms with Crippen LogP contribution in [0.1, 0.15) is 48.9 Å². The Labute approximate surface area is 204 Å². The first kappa shape index (κ1) is 26.8. The highest BCUT2D eigenvalue weighted by molar-refractivity contribution is 7.91. The Morgan fingerprint density at radius 1 is 1.03 bits per heavy atom. The Hall–Kier alpha value is -1.77. The summed E-state index contributed by atoms with van der Waals surface area (Å²) in [7, 11) is -1.60. The van der Waals surface area contributed by atoms with Gasteiger partial charge in [-0.1, -0.05) is 62.4 Å². The van der Waals surface area contributed by atoms with E-state index in [0.717, 1.165) is 16.7 Å². The number of sulfone groups is 1. The molecule has 1 heterocycles. The third-order valence-corrected chi connectivity index (χ3v) is 8.30. The lowest BCUT2D eigenvalue weighted by Crippen LogP contribution is -2.54. The monoisotopic (exact) mass is 489 g/mol. The molecular weight excluding hydrogens is 450 g/mol. The molecule has 6 nitrogen and oxygen atoms in total. The van der Waals surface area contributed by atoms with E-state index in [9.17, 15) is 13.5 Å². The van der Waals surface area contributed by atoms with Crippen LogP contribution in [-0.2, 0) is 38.9 Å². The highest BCUT2D eigenvalue weighted by atomic mass is 32.2. The number of benzene rings is 2. The van der Waals surface area contributed by atoms with Gasteiger partial charge in [-0.15, -0.1) is 0 Å². The Morgan fingerprint density at radius 3 is 2.47 bits per heavy atom. The number of hydrogen-bond acceptors (Lipinski definition) is 6. The summed E-state index contributed by atoms with van der Waals surface area (Å²) in [6, 6.07) is 15.8. The minimum atomic E-state index is -3.26. The maximum absolute atomic E-state index is 12.7. The van der Waals surface area contributed by atoms with Gasteiger partial charge in [-0.05, 0) is 41.5 Å². The third-order valence-electron chi connectivity index (χ3n) is 6.50. The van der Waals surface area contributed by atoms with Crippen molar-refractivity contribution in [2.24, 2.45) is 5.92 Å². The molecule has 0 spiro atoms. The Kier molecular flexibility index (Phi) is 9.68. The number of aliphatic hydroxyl groups is 1. The average molecular weight is 490 g/mol. The first-order valence-electron chi connectivity index (χ1n) is 12.1. The second-order valence-electron chi connectivity index (χ2n) is 9.80. The van der Waals surface area contributed by atoms with Crippen molar-refractivity contribution in [1.82, 2.24) is 5.32 Å². The lowest BCUT2D eigenvalue weighted by Gasteiger charge is -2.35. The maximum atomic E-state index is 12.7.